The maximum Gasteiger partial charge on any atom is 0.0731 e. The van der Waals surface area contributed by atoms with Gasteiger partial charge < -0.3 is 10.1 Å². The Morgan fingerprint density at radius 2 is 2.25 bits per heavy atom. The first-order chi connectivity index (χ1) is 9.42. The number of halogens is 1. The van der Waals surface area contributed by atoms with Crippen molar-refractivity contribution in [3.05, 3.63) is 29.3 Å². The number of ether oxygens (including phenoxy) is 1. The molecule has 110 valence electrons. The van der Waals surface area contributed by atoms with Gasteiger partial charge in [0.2, 0.25) is 0 Å². The molecular formula is C16H23ClN2O. The maximum absolute atomic E-state index is 5.91. The monoisotopic (exact) mass is 294 g/mol. The molecule has 3 nitrogen and oxygen atoms in total. The molecule has 1 aliphatic carbocycles. The predicted octanol–water partition coefficient (Wildman–Crippen LogP) is 2.83. The molecule has 0 spiro atoms. The highest BCUT2D eigenvalue weighted by molar-refractivity contribution is 5.85. The van der Waals surface area contributed by atoms with Gasteiger partial charge >= 0.3 is 0 Å². The summed E-state index contributed by atoms with van der Waals surface area (Å²) in [5.74, 6) is 0. The van der Waals surface area contributed by atoms with Crippen molar-refractivity contribution < 1.29 is 4.74 Å². The van der Waals surface area contributed by atoms with E-state index in [1.807, 2.05) is 0 Å². The first-order valence-electron chi connectivity index (χ1n) is 7.62. The number of fused-ring (bicyclic) bond motifs is 2. The Morgan fingerprint density at radius 3 is 3.20 bits per heavy atom. The predicted molar refractivity (Wildman–Crippen MR) is 83.7 cm³/mol. The molecule has 4 rings (SSSR count). The molecule has 2 atom stereocenters. The van der Waals surface area contributed by atoms with E-state index in [1.54, 1.807) is 0 Å². The summed E-state index contributed by atoms with van der Waals surface area (Å²) in [6, 6.07) is 7.42. The average molecular weight is 295 g/mol. The van der Waals surface area contributed by atoms with Crippen molar-refractivity contribution in [1.82, 2.24) is 4.90 Å². The second-order valence-electron chi connectivity index (χ2n) is 6.01. The van der Waals surface area contributed by atoms with E-state index in [-0.39, 0.29) is 12.4 Å². The van der Waals surface area contributed by atoms with Crippen LogP contribution in [0, 0.1) is 0 Å². The van der Waals surface area contributed by atoms with Crippen molar-refractivity contribution in [3.8, 4) is 0 Å². The number of nitrogens with one attached hydrogen (secondary N) is 1. The molecule has 1 aromatic rings. The summed E-state index contributed by atoms with van der Waals surface area (Å²) in [6.07, 6.45) is 5.58. The number of morpholine rings is 1. The third-order valence-corrected chi connectivity index (χ3v) is 4.90. The molecule has 20 heavy (non-hydrogen) atoms. The molecule has 1 aromatic carbocycles. The van der Waals surface area contributed by atoms with Crippen LogP contribution in [0.15, 0.2) is 18.2 Å². The SMILES string of the molecule is Cl.c1cc2c(c(CN3CCO[C@H]4CCC[C@H]43)c1)NCC2. The summed E-state index contributed by atoms with van der Waals surface area (Å²) in [5.41, 5.74) is 4.37. The summed E-state index contributed by atoms with van der Waals surface area (Å²) < 4.78 is 5.91. The number of rotatable bonds is 2. The largest absolute Gasteiger partial charge is 0.384 e. The van der Waals surface area contributed by atoms with Gasteiger partial charge in [0.25, 0.3) is 0 Å². The molecule has 0 unspecified atom stereocenters. The molecule has 1 saturated carbocycles. The Morgan fingerprint density at radius 1 is 1.30 bits per heavy atom. The van der Waals surface area contributed by atoms with Crippen LogP contribution in [0.3, 0.4) is 0 Å². The van der Waals surface area contributed by atoms with Crippen LogP contribution in [0.1, 0.15) is 30.4 Å². The maximum atomic E-state index is 5.91. The molecule has 2 fully saturated rings. The molecule has 0 amide bonds. The van der Waals surface area contributed by atoms with Gasteiger partial charge in [-0.25, -0.2) is 0 Å². The second-order valence-corrected chi connectivity index (χ2v) is 6.01. The van der Waals surface area contributed by atoms with E-state index < -0.39 is 0 Å². The van der Waals surface area contributed by atoms with Crippen LogP contribution in [0.25, 0.3) is 0 Å². The molecule has 0 bridgehead atoms. The smallest absolute Gasteiger partial charge is 0.0731 e. The average Bonchev–Trinajstić information content (AvgIpc) is 3.08. The van der Waals surface area contributed by atoms with Crippen molar-refractivity contribution >= 4 is 18.1 Å². The fourth-order valence-electron chi connectivity index (χ4n) is 3.96. The van der Waals surface area contributed by atoms with Crippen LogP contribution in [0.2, 0.25) is 0 Å². The minimum atomic E-state index is 0. The van der Waals surface area contributed by atoms with E-state index in [0.717, 1.165) is 26.2 Å². The van der Waals surface area contributed by atoms with Crippen LogP contribution in [0.4, 0.5) is 5.69 Å². The van der Waals surface area contributed by atoms with Gasteiger partial charge in [-0.15, -0.1) is 12.4 Å². The van der Waals surface area contributed by atoms with Crippen molar-refractivity contribution in [2.45, 2.75) is 44.4 Å². The minimum Gasteiger partial charge on any atom is -0.384 e. The number of hydrogen-bond donors (Lipinski definition) is 1. The van der Waals surface area contributed by atoms with Crippen LogP contribution in [-0.4, -0.2) is 36.7 Å². The zero-order valence-electron chi connectivity index (χ0n) is 11.8. The topological polar surface area (TPSA) is 24.5 Å². The second kappa shape index (κ2) is 5.92. The normalized spacial score (nSPS) is 28.4. The van der Waals surface area contributed by atoms with E-state index in [1.165, 1.54) is 42.5 Å². The molecule has 4 heteroatoms. The Hall–Kier alpha value is -0.770. The lowest BCUT2D eigenvalue weighted by molar-refractivity contribution is -0.0587. The van der Waals surface area contributed by atoms with E-state index in [9.17, 15) is 0 Å². The molecule has 3 aliphatic rings. The van der Waals surface area contributed by atoms with Crippen molar-refractivity contribution in [2.24, 2.45) is 0 Å². The summed E-state index contributed by atoms with van der Waals surface area (Å²) in [5, 5.41) is 3.56. The highest BCUT2D eigenvalue weighted by atomic mass is 35.5. The molecule has 1 saturated heterocycles. The van der Waals surface area contributed by atoms with Gasteiger partial charge in [0.15, 0.2) is 0 Å². The van der Waals surface area contributed by atoms with E-state index in [2.05, 4.69) is 28.4 Å². The van der Waals surface area contributed by atoms with Crippen LogP contribution < -0.4 is 5.32 Å². The van der Waals surface area contributed by atoms with Crippen LogP contribution in [0.5, 0.6) is 0 Å². The van der Waals surface area contributed by atoms with E-state index in [0.29, 0.717) is 12.1 Å². The Balaban J connectivity index is 0.00000121. The molecule has 0 aromatic heterocycles. The summed E-state index contributed by atoms with van der Waals surface area (Å²) in [7, 11) is 0. The van der Waals surface area contributed by atoms with Crippen LogP contribution >= 0.6 is 12.4 Å². The first-order valence-corrected chi connectivity index (χ1v) is 7.62. The van der Waals surface area contributed by atoms with Crippen molar-refractivity contribution in [3.63, 3.8) is 0 Å². The van der Waals surface area contributed by atoms with Crippen molar-refractivity contribution in [1.29, 1.82) is 0 Å². The van der Waals surface area contributed by atoms with Gasteiger partial charge in [0.1, 0.15) is 0 Å². The minimum absolute atomic E-state index is 0. The van der Waals surface area contributed by atoms with Crippen LogP contribution in [-0.2, 0) is 17.7 Å². The number of anilines is 1. The first kappa shape index (κ1) is 14.2. The van der Waals surface area contributed by atoms with Gasteiger partial charge in [0.05, 0.1) is 12.7 Å². The molecular weight excluding hydrogens is 272 g/mol. The van der Waals surface area contributed by atoms with Gasteiger partial charge in [-0.1, -0.05) is 18.2 Å². The number of hydrogen-bond acceptors (Lipinski definition) is 3. The Labute approximate surface area is 127 Å². The quantitative estimate of drug-likeness (QED) is 0.908. The van der Waals surface area contributed by atoms with Gasteiger partial charge in [-0.3, -0.25) is 4.90 Å². The lowest BCUT2D eigenvalue weighted by Crippen LogP contribution is -2.47. The third kappa shape index (κ3) is 2.43. The summed E-state index contributed by atoms with van der Waals surface area (Å²) >= 11 is 0. The van der Waals surface area contributed by atoms with E-state index >= 15 is 0 Å². The highest BCUT2D eigenvalue weighted by Gasteiger charge is 2.36. The standard InChI is InChI=1S/C16H22N2O.ClH/c1-3-12-7-8-17-16(12)13(4-1)11-18-9-10-19-15-6-2-5-14(15)18;/h1,3-4,14-15,17H,2,5-11H2;1H/t14-,15+;/m1./s1. The van der Waals surface area contributed by atoms with Gasteiger partial charge in [0, 0.05) is 31.4 Å². The molecule has 2 heterocycles. The number of benzene rings is 1. The highest BCUT2D eigenvalue weighted by Crippen LogP contribution is 2.33. The Kier molecular flexibility index (Phi) is 4.20. The summed E-state index contributed by atoms with van der Waals surface area (Å²) in [4.78, 5) is 2.65. The lowest BCUT2D eigenvalue weighted by Gasteiger charge is -2.38. The van der Waals surface area contributed by atoms with Gasteiger partial charge in [-0.2, -0.15) is 0 Å². The molecule has 0 radical (unpaired) electrons. The fraction of sp³-hybridized carbons (Fsp3) is 0.625. The molecule has 1 N–H and O–H groups in total. The number of para-hydroxylation sites is 1. The van der Waals surface area contributed by atoms with E-state index in [4.69, 9.17) is 4.74 Å². The Bertz CT molecular complexity index is 480. The zero-order valence-corrected chi connectivity index (χ0v) is 12.6. The lowest BCUT2D eigenvalue weighted by atomic mass is 10.0. The number of nitrogens with zero attached hydrogens (tertiary/aromatic N) is 1. The third-order valence-electron chi connectivity index (χ3n) is 4.90. The summed E-state index contributed by atoms with van der Waals surface area (Å²) in [6.45, 7) is 4.18. The van der Waals surface area contributed by atoms with Crippen molar-refractivity contribution in [2.75, 3.05) is 25.0 Å². The van der Waals surface area contributed by atoms with Gasteiger partial charge in [-0.05, 0) is 36.8 Å². The fourth-order valence-corrected chi connectivity index (χ4v) is 3.96. The zero-order chi connectivity index (χ0) is 12.7. The molecule has 2 aliphatic heterocycles.